The van der Waals surface area contributed by atoms with Crippen LogP contribution in [0.2, 0.25) is 0 Å². The first kappa shape index (κ1) is 18.5. The molecule has 0 radical (unpaired) electrons. The lowest BCUT2D eigenvalue weighted by atomic mass is 10.2. The summed E-state index contributed by atoms with van der Waals surface area (Å²) in [4.78, 5) is 18.1. The van der Waals surface area contributed by atoms with Crippen molar-refractivity contribution in [3.63, 3.8) is 0 Å². The van der Waals surface area contributed by atoms with E-state index in [4.69, 9.17) is 9.47 Å². The number of hydrogen-bond donors (Lipinski definition) is 0. The molecule has 0 aliphatic rings. The molecule has 2 aromatic rings. The van der Waals surface area contributed by atoms with Gasteiger partial charge in [-0.1, -0.05) is 24.3 Å². The Morgan fingerprint density at radius 1 is 1.24 bits per heavy atom. The van der Waals surface area contributed by atoms with Crippen LogP contribution in [0.15, 0.2) is 48.7 Å². The third-order valence-electron chi connectivity index (χ3n) is 3.75. The quantitative estimate of drug-likeness (QED) is 0.740. The fraction of sp³-hybridized carbons (Fsp3) is 0.300. The minimum absolute atomic E-state index is 0.0297. The normalized spacial score (nSPS) is 10.7. The van der Waals surface area contributed by atoms with E-state index in [2.05, 4.69) is 4.98 Å². The molecule has 0 spiro atoms. The molecule has 0 saturated carbocycles. The van der Waals surface area contributed by atoms with Gasteiger partial charge in [0.1, 0.15) is 0 Å². The van der Waals surface area contributed by atoms with Gasteiger partial charge in [0.15, 0.2) is 18.1 Å². The van der Waals surface area contributed by atoms with Crippen molar-refractivity contribution >= 4 is 12.0 Å². The summed E-state index contributed by atoms with van der Waals surface area (Å²) in [7, 11) is 3.35. The molecule has 25 heavy (non-hydrogen) atoms. The van der Waals surface area contributed by atoms with Crippen molar-refractivity contribution in [2.45, 2.75) is 13.3 Å². The van der Waals surface area contributed by atoms with E-state index in [9.17, 15) is 4.79 Å². The van der Waals surface area contributed by atoms with Crippen molar-refractivity contribution in [3.05, 3.63) is 59.9 Å². The molecule has 0 atom stereocenters. The van der Waals surface area contributed by atoms with Gasteiger partial charge in [0.05, 0.1) is 7.11 Å². The number of aromatic nitrogens is 1. The molecule has 1 aromatic carbocycles. The molecular weight excluding hydrogens is 316 g/mol. The van der Waals surface area contributed by atoms with Crippen LogP contribution in [0, 0.1) is 0 Å². The molecule has 0 aliphatic carbocycles. The Labute approximate surface area is 148 Å². The summed E-state index contributed by atoms with van der Waals surface area (Å²) in [6.07, 6.45) is 6.40. The van der Waals surface area contributed by atoms with E-state index < -0.39 is 0 Å². The standard InChI is InChI=1S/C20H24N2O3/c1-4-7-16-9-10-18(19(14-16)24-3)25-15-20(23)22(2)13-11-17-8-5-6-12-21-17/h4-10,12,14H,11,13,15H2,1-3H3/b7-4+. The Hall–Kier alpha value is -2.82. The molecule has 132 valence electrons. The number of carbonyl (C=O) groups is 1. The van der Waals surface area contributed by atoms with E-state index in [1.165, 1.54) is 0 Å². The smallest absolute Gasteiger partial charge is 0.260 e. The van der Waals surface area contributed by atoms with Crippen LogP contribution in [0.4, 0.5) is 0 Å². The van der Waals surface area contributed by atoms with Gasteiger partial charge in [-0.3, -0.25) is 9.78 Å². The Morgan fingerprint density at radius 2 is 2.08 bits per heavy atom. The number of hydrogen-bond acceptors (Lipinski definition) is 4. The highest BCUT2D eigenvalue weighted by molar-refractivity contribution is 5.77. The van der Waals surface area contributed by atoms with Crippen molar-refractivity contribution in [1.29, 1.82) is 0 Å². The van der Waals surface area contributed by atoms with Gasteiger partial charge in [-0.05, 0) is 36.8 Å². The molecule has 0 unspecified atom stereocenters. The topological polar surface area (TPSA) is 51.7 Å². The van der Waals surface area contributed by atoms with Gasteiger partial charge in [0.25, 0.3) is 5.91 Å². The summed E-state index contributed by atoms with van der Waals surface area (Å²) in [5, 5.41) is 0. The zero-order chi connectivity index (χ0) is 18.1. The molecular formula is C20H24N2O3. The molecule has 0 aliphatic heterocycles. The van der Waals surface area contributed by atoms with Gasteiger partial charge in [-0.15, -0.1) is 0 Å². The number of pyridine rings is 1. The predicted octanol–water partition coefficient (Wildman–Crippen LogP) is 3.20. The SMILES string of the molecule is C/C=C/c1ccc(OCC(=O)N(C)CCc2ccccn2)c(OC)c1. The molecule has 0 fully saturated rings. The summed E-state index contributed by atoms with van der Waals surface area (Å²) in [5.74, 6) is 1.08. The second-order valence-corrected chi connectivity index (χ2v) is 5.59. The van der Waals surface area contributed by atoms with Crippen LogP contribution >= 0.6 is 0 Å². The third kappa shape index (κ3) is 5.64. The summed E-state index contributed by atoms with van der Waals surface area (Å²) < 4.78 is 11.0. The van der Waals surface area contributed by atoms with E-state index in [0.29, 0.717) is 24.5 Å². The minimum Gasteiger partial charge on any atom is -0.493 e. The van der Waals surface area contributed by atoms with Crippen LogP contribution in [-0.4, -0.2) is 43.1 Å². The fourth-order valence-corrected chi connectivity index (χ4v) is 2.30. The van der Waals surface area contributed by atoms with Crippen LogP contribution in [0.3, 0.4) is 0 Å². The molecule has 5 heteroatoms. The maximum atomic E-state index is 12.2. The number of allylic oxidation sites excluding steroid dienone is 1. The van der Waals surface area contributed by atoms with Gasteiger partial charge in [0.2, 0.25) is 0 Å². The van der Waals surface area contributed by atoms with Crippen LogP contribution < -0.4 is 9.47 Å². The van der Waals surface area contributed by atoms with E-state index >= 15 is 0 Å². The number of carbonyl (C=O) groups excluding carboxylic acids is 1. The maximum absolute atomic E-state index is 12.2. The van der Waals surface area contributed by atoms with E-state index in [-0.39, 0.29) is 12.5 Å². The van der Waals surface area contributed by atoms with Gasteiger partial charge in [0, 0.05) is 31.9 Å². The molecule has 1 heterocycles. The monoisotopic (exact) mass is 340 g/mol. The summed E-state index contributed by atoms with van der Waals surface area (Å²) >= 11 is 0. The average molecular weight is 340 g/mol. The number of benzene rings is 1. The molecule has 0 bridgehead atoms. The first-order valence-electron chi connectivity index (χ1n) is 8.21. The molecule has 0 saturated heterocycles. The number of rotatable bonds is 8. The number of amides is 1. The highest BCUT2D eigenvalue weighted by Crippen LogP contribution is 2.28. The lowest BCUT2D eigenvalue weighted by molar-refractivity contribution is -0.132. The van der Waals surface area contributed by atoms with Crippen molar-refractivity contribution in [1.82, 2.24) is 9.88 Å². The largest absolute Gasteiger partial charge is 0.493 e. The number of ether oxygens (including phenoxy) is 2. The summed E-state index contributed by atoms with van der Waals surface area (Å²) in [6, 6.07) is 11.4. The lowest BCUT2D eigenvalue weighted by Crippen LogP contribution is -2.33. The summed E-state index contributed by atoms with van der Waals surface area (Å²) in [5.41, 5.74) is 1.98. The maximum Gasteiger partial charge on any atom is 0.260 e. The first-order chi connectivity index (χ1) is 12.1. The van der Waals surface area contributed by atoms with E-state index in [1.54, 1.807) is 25.3 Å². The highest BCUT2D eigenvalue weighted by atomic mass is 16.5. The Bertz CT molecular complexity index is 714. The van der Waals surface area contributed by atoms with Gasteiger partial charge in [-0.2, -0.15) is 0 Å². The Morgan fingerprint density at radius 3 is 2.76 bits per heavy atom. The number of methoxy groups -OCH3 is 1. The van der Waals surface area contributed by atoms with Crippen LogP contribution in [-0.2, 0) is 11.2 Å². The van der Waals surface area contributed by atoms with Crippen LogP contribution in [0.1, 0.15) is 18.2 Å². The highest BCUT2D eigenvalue weighted by Gasteiger charge is 2.12. The molecule has 0 N–H and O–H groups in total. The van der Waals surface area contributed by atoms with E-state index in [0.717, 1.165) is 11.3 Å². The van der Waals surface area contributed by atoms with Crippen molar-refractivity contribution < 1.29 is 14.3 Å². The van der Waals surface area contributed by atoms with Crippen molar-refractivity contribution in [2.24, 2.45) is 0 Å². The Balaban J connectivity index is 1.88. The molecule has 2 rings (SSSR count). The zero-order valence-corrected chi connectivity index (χ0v) is 14.9. The molecule has 1 aromatic heterocycles. The van der Waals surface area contributed by atoms with E-state index in [1.807, 2.05) is 55.5 Å². The zero-order valence-electron chi connectivity index (χ0n) is 14.9. The summed E-state index contributed by atoms with van der Waals surface area (Å²) in [6.45, 7) is 2.52. The van der Waals surface area contributed by atoms with Gasteiger partial charge in [-0.25, -0.2) is 0 Å². The van der Waals surface area contributed by atoms with Crippen molar-refractivity contribution in [3.8, 4) is 11.5 Å². The van der Waals surface area contributed by atoms with Gasteiger partial charge < -0.3 is 14.4 Å². The Kier molecular flexibility index (Phi) is 7.01. The minimum atomic E-state index is -0.0875. The number of likely N-dealkylation sites (N-methyl/N-ethyl adjacent to an activating group) is 1. The lowest BCUT2D eigenvalue weighted by Gasteiger charge is -2.18. The van der Waals surface area contributed by atoms with Crippen molar-refractivity contribution in [2.75, 3.05) is 27.3 Å². The van der Waals surface area contributed by atoms with Crippen LogP contribution in [0.25, 0.3) is 6.08 Å². The molecule has 1 amide bonds. The fourth-order valence-electron chi connectivity index (χ4n) is 2.30. The third-order valence-corrected chi connectivity index (χ3v) is 3.75. The van der Waals surface area contributed by atoms with Gasteiger partial charge >= 0.3 is 0 Å². The first-order valence-corrected chi connectivity index (χ1v) is 8.21. The predicted molar refractivity (Wildman–Crippen MR) is 98.8 cm³/mol. The second kappa shape index (κ2) is 9.47. The van der Waals surface area contributed by atoms with Crippen LogP contribution in [0.5, 0.6) is 11.5 Å². The number of nitrogens with zero attached hydrogens (tertiary/aromatic N) is 2. The second-order valence-electron chi connectivity index (χ2n) is 5.59. The average Bonchev–Trinajstić information content (AvgIpc) is 2.65. The molecule has 5 nitrogen and oxygen atoms in total.